The lowest BCUT2D eigenvalue weighted by Gasteiger charge is -2.34. The second-order valence-corrected chi connectivity index (χ2v) is 5.45. The molecule has 3 nitrogen and oxygen atoms in total. The number of hydrogen-bond donors (Lipinski definition) is 2. The second kappa shape index (κ2) is 9.01. The Hall–Kier alpha value is -1.26. The summed E-state index contributed by atoms with van der Waals surface area (Å²) in [7, 11) is 3.79. The highest BCUT2D eigenvalue weighted by Gasteiger charge is 2.26. The lowest BCUT2D eigenvalue weighted by atomic mass is 9.99. The largest absolute Gasteiger partial charge is 0.389 e. The molecule has 2 atom stereocenters. The normalized spacial score (nSPS) is 13.1. The van der Waals surface area contributed by atoms with Gasteiger partial charge in [0, 0.05) is 13.6 Å². The number of anilines is 1. The summed E-state index contributed by atoms with van der Waals surface area (Å²) in [5.41, 5.74) is 1.96. The molecule has 22 heavy (non-hydrogen) atoms. The molecule has 2 rings (SSSR count). The molecule has 0 spiro atoms. The molecule has 0 bridgehead atoms. The SMILES string of the molecule is CNCC(O)C(c1ccccc1)N(C)c1ccccc1Cl.Cl. The van der Waals surface area contributed by atoms with Crippen LogP contribution in [0.4, 0.5) is 5.69 Å². The van der Waals surface area contributed by atoms with Gasteiger partial charge in [-0.25, -0.2) is 0 Å². The Balaban J connectivity index is 0.00000242. The summed E-state index contributed by atoms with van der Waals surface area (Å²) in [5.74, 6) is 0. The van der Waals surface area contributed by atoms with Crippen molar-refractivity contribution in [1.29, 1.82) is 0 Å². The molecule has 0 radical (unpaired) electrons. The Kier molecular flexibility index (Phi) is 7.69. The molecule has 0 amide bonds. The summed E-state index contributed by atoms with van der Waals surface area (Å²) < 4.78 is 0. The number of hydrogen-bond acceptors (Lipinski definition) is 3. The van der Waals surface area contributed by atoms with Gasteiger partial charge in [0.25, 0.3) is 0 Å². The summed E-state index contributed by atoms with van der Waals surface area (Å²) in [5, 5.41) is 14.2. The second-order valence-electron chi connectivity index (χ2n) is 5.04. The molecule has 0 fully saturated rings. The van der Waals surface area contributed by atoms with E-state index in [1.165, 1.54) is 0 Å². The molecule has 0 saturated carbocycles. The van der Waals surface area contributed by atoms with Gasteiger partial charge in [0.1, 0.15) is 0 Å². The summed E-state index contributed by atoms with van der Waals surface area (Å²) in [6.45, 7) is 0.508. The van der Waals surface area contributed by atoms with Crippen molar-refractivity contribution in [1.82, 2.24) is 5.32 Å². The maximum atomic E-state index is 10.5. The fraction of sp³-hybridized carbons (Fsp3) is 0.294. The van der Waals surface area contributed by atoms with Crippen molar-refractivity contribution in [2.75, 3.05) is 25.5 Å². The minimum atomic E-state index is -0.543. The number of halogens is 2. The number of rotatable bonds is 6. The molecule has 5 heteroatoms. The molecular weight excluding hydrogens is 319 g/mol. The van der Waals surface area contributed by atoms with Crippen LogP contribution in [0.3, 0.4) is 0 Å². The first kappa shape index (κ1) is 18.8. The highest BCUT2D eigenvalue weighted by molar-refractivity contribution is 6.33. The van der Waals surface area contributed by atoms with Gasteiger partial charge in [0.2, 0.25) is 0 Å². The third-order valence-electron chi connectivity index (χ3n) is 3.57. The third-order valence-corrected chi connectivity index (χ3v) is 3.89. The predicted octanol–water partition coefficient (Wildman–Crippen LogP) is 3.52. The van der Waals surface area contributed by atoms with Crippen LogP contribution in [-0.2, 0) is 0 Å². The van der Waals surface area contributed by atoms with E-state index >= 15 is 0 Å². The van der Waals surface area contributed by atoms with Crippen molar-refractivity contribution < 1.29 is 5.11 Å². The molecule has 0 aliphatic heterocycles. The number of aliphatic hydroxyl groups excluding tert-OH is 1. The molecule has 0 saturated heterocycles. The topological polar surface area (TPSA) is 35.5 Å². The maximum Gasteiger partial charge on any atom is 0.0909 e. The fourth-order valence-corrected chi connectivity index (χ4v) is 2.83. The number of nitrogens with zero attached hydrogens (tertiary/aromatic N) is 1. The van der Waals surface area contributed by atoms with Crippen molar-refractivity contribution in [2.24, 2.45) is 0 Å². The summed E-state index contributed by atoms with van der Waals surface area (Å²) in [6, 6.07) is 17.5. The molecule has 120 valence electrons. The average Bonchev–Trinajstić information content (AvgIpc) is 2.49. The molecular formula is C17H22Cl2N2O. The predicted molar refractivity (Wildman–Crippen MR) is 96.2 cm³/mol. The number of benzene rings is 2. The zero-order valence-electron chi connectivity index (χ0n) is 12.7. The van der Waals surface area contributed by atoms with Gasteiger partial charge in [-0.05, 0) is 24.7 Å². The Bertz CT molecular complexity index is 566. The van der Waals surface area contributed by atoms with Gasteiger partial charge in [0.15, 0.2) is 0 Å². The standard InChI is InChI=1S/C17H21ClN2O.ClH/c1-19-12-16(21)17(13-8-4-3-5-9-13)20(2)15-11-7-6-10-14(15)18;/h3-11,16-17,19,21H,12H2,1-2H3;1H. The first-order valence-electron chi connectivity index (χ1n) is 7.00. The number of nitrogens with one attached hydrogen (secondary N) is 1. The molecule has 0 aromatic heterocycles. The summed E-state index contributed by atoms with van der Waals surface area (Å²) in [6.07, 6.45) is -0.543. The third kappa shape index (κ3) is 4.37. The van der Waals surface area contributed by atoms with Crippen LogP contribution >= 0.6 is 24.0 Å². The Morgan fingerprint density at radius 1 is 1.09 bits per heavy atom. The first-order valence-corrected chi connectivity index (χ1v) is 7.38. The number of para-hydroxylation sites is 1. The van der Waals surface area contributed by atoms with Crippen molar-refractivity contribution >= 4 is 29.7 Å². The van der Waals surface area contributed by atoms with E-state index in [0.717, 1.165) is 11.3 Å². The van der Waals surface area contributed by atoms with Crippen LogP contribution in [0.2, 0.25) is 5.02 Å². The number of likely N-dealkylation sites (N-methyl/N-ethyl adjacent to an activating group) is 2. The quantitative estimate of drug-likeness (QED) is 0.844. The molecule has 2 unspecified atom stereocenters. The lowest BCUT2D eigenvalue weighted by molar-refractivity contribution is 0.142. The van der Waals surface area contributed by atoms with E-state index in [9.17, 15) is 5.11 Å². The van der Waals surface area contributed by atoms with Gasteiger partial charge in [0.05, 0.1) is 22.9 Å². The molecule has 0 aliphatic carbocycles. The number of aliphatic hydroxyl groups is 1. The van der Waals surface area contributed by atoms with E-state index in [0.29, 0.717) is 11.6 Å². The van der Waals surface area contributed by atoms with E-state index in [1.54, 1.807) is 0 Å². The summed E-state index contributed by atoms with van der Waals surface area (Å²) in [4.78, 5) is 2.03. The first-order chi connectivity index (χ1) is 10.1. The zero-order valence-corrected chi connectivity index (χ0v) is 14.3. The minimum absolute atomic E-state index is 0. The van der Waals surface area contributed by atoms with Crippen molar-refractivity contribution in [3.05, 3.63) is 65.2 Å². The van der Waals surface area contributed by atoms with Crippen molar-refractivity contribution in [2.45, 2.75) is 12.1 Å². The van der Waals surface area contributed by atoms with Gasteiger partial charge >= 0.3 is 0 Å². The fourth-order valence-electron chi connectivity index (χ4n) is 2.56. The van der Waals surface area contributed by atoms with Gasteiger partial charge in [-0.15, -0.1) is 12.4 Å². The molecule has 0 heterocycles. The van der Waals surface area contributed by atoms with E-state index in [4.69, 9.17) is 11.6 Å². The van der Waals surface area contributed by atoms with E-state index in [-0.39, 0.29) is 18.4 Å². The minimum Gasteiger partial charge on any atom is -0.389 e. The van der Waals surface area contributed by atoms with Crippen molar-refractivity contribution in [3.8, 4) is 0 Å². The zero-order chi connectivity index (χ0) is 15.2. The van der Waals surface area contributed by atoms with E-state index < -0.39 is 6.10 Å². The van der Waals surface area contributed by atoms with Crippen LogP contribution < -0.4 is 10.2 Å². The van der Waals surface area contributed by atoms with Gasteiger partial charge in [-0.2, -0.15) is 0 Å². The van der Waals surface area contributed by atoms with Crippen LogP contribution in [0, 0.1) is 0 Å². The van der Waals surface area contributed by atoms with Crippen LogP contribution in [0.5, 0.6) is 0 Å². The van der Waals surface area contributed by atoms with E-state index in [2.05, 4.69) is 5.32 Å². The monoisotopic (exact) mass is 340 g/mol. The highest BCUT2D eigenvalue weighted by Crippen LogP contribution is 2.32. The Labute approximate surface area is 143 Å². The Morgan fingerprint density at radius 3 is 2.27 bits per heavy atom. The Morgan fingerprint density at radius 2 is 1.68 bits per heavy atom. The van der Waals surface area contributed by atoms with Crippen LogP contribution in [0.1, 0.15) is 11.6 Å². The maximum absolute atomic E-state index is 10.5. The average molecular weight is 341 g/mol. The van der Waals surface area contributed by atoms with Crippen molar-refractivity contribution in [3.63, 3.8) is 0 Å². The smallest absolute Gasteiger partial charge is 0.0909 e. The van der Waals surface area contributed by atoms with Crippen LogP contribution in [0.15, 0.2) is 54.6 Å². The molecule has 2 aromatic carbocycles. The van der Waals surface area contributed by atoms with Gasteiger partial charge < -0.3 is 15.3 Å². The van der Waals surface area contributed by atoms with Gasteiger partial charge in [-0.1, -0.05) is 54.1 Å². The molecule has 0 aliphatic rings. The van der Waals surface area contributed by atoms with E-state index in [1.807, 2.05) is 73.6 Å². The van der Waals surface area contributed by atoms with Crippen LogP contribution in [0.25, 0.3) is 0 Å². The lowest BCUT2D eigenvalue weighted by Crippen LogP contribution is -2.39. The van der Waals surface area contributed by atoms with Crippen LogP contribution in [-0.4, -0.2) is 31.9 Å². The summed E-state index contributed by atoms with van der Waals surface area (Å²) >= 11 is 6.29. The molecule has 2 aromatic rings. The van der Waals surface area contributed by atoms with Gasteiger partial charge in [-0.3, -0.25) is 0 Å². The highest BCUT2D eigenvalue weighted by atomic mass is 35.5. The molecule has 2 N–H and O–H groups in total.